The molecule has 0 spiro atoms. The summed E-state index contributed by atoms with van der Waals surface area (Å²) in [6, 6.07) is 0. The van der Waals surface area contributed by atoms with Crippen molar-refractivity contribution in [1.29, 1.82) is 0 Å². The van der Waals surface area contributed by atoms with Crippen LogP contribution in [0.4, 0.5) is 5.82 Å². The minimum Gasteiger partial charge on any atom is -0.442 e. The van der Waals surface area contributed by atoms with Crippen molar-refractivity contribution in [2.75, 3.05) is 5.32 Å². The van der Waals surface area contributed by atoms with Crippen LogP contribution in [0.2, 0.25) is 0 Å². The van der Waals surface area contributed by atoms with Gasteiger partial charge in [-0.05, 0) is 47.5 Å². The molecule has 1 aliphatic rings. The fourth-order valence-corrected chi connectivity index (χ4v) is 2.57. The SMILES string of the molecule is Cc1oc2ncnc(NC3(C)CC3)c2c1C(O)NC(C)(C)C. The highest BCUT2D eigenvalue weighted by molar-refractivity contribution is 5.90. The number of aromatic nitrogens is 2. The first-order chi connectivity index (χ1) is 10.2. The Balaban J connectivity index is 2.06. The van der Waals surface area contributed by atoms with Gasteiger partial charge in [0.05, 0.1) is 5.39 Å². The molecule has 3 rings (SSSR count). The molecule has 0 aliphatic heterocycles. The molecule has 2 aromatic rings. The summed E-state index contributed by atoms with van der Waals surface area (Å²) >= 11 is 0. The molecule has 22 heavy (non-hydrogen) atoms. The lowest BCUT2D eigenvalue weighted by Crippen LogP contribution is -2.38. The van der Waals surface area contributed by atoms with E-state index in [1.807, 2.05) is 27.7 Å². The van der Waals surface area contributed by atoms with Crippen LogP contribution in [-0.4, -0.2) is 26.2 Å². The maximum atomic E-state index is 10.6. The predicted molar refractivity (Wildman–Crippen MR) is 85.7 cm³/mol. The average Bonchev–Trinajstić information content (AvgIpc) is 2.97. The van der Waals surface area contributed by atoms with Gasteiger partial charge in [-0.2, -0.15) is 0 Å². The predicted octanol–water partition coefficient (Wildman–Crippen LogP) is 2.87. The molecule has 6 nitrogen and oxygen atoms in total. The molecule has 3 N–H and O–H groups in total. The zero-order valence-corrected chi connectivity index (χ0v) is 13.8. The molecule has 1 unspecified atom stereocenters. The fourth-order valence-electron chi connectivity index (χ4n) is 2.57. The standard InChI is InChI=1S/C16H24N4O2/c1-9-10(13(21)20-15(2,3)4)11-12(19-16(5)6-7-16)17-8-18-14(11)22-9/h8,13,20-21H,6-7H2,1-5H3,(H,17,18,19). The second-order valence-electron chi connectivity index (χ2n) is 7.46. The van der Waals surface area contributed by atoms with E-state index in [2.05, 4.69) is 27.5 Å². The van der Waals surface area contributed by atoms with Crippen molar-refractivity contribution in [3.8, 4) is 0 Å². The molecule has 2 aromatic heterocycles. The number of nitrogens with zero attached hydrogens (tertiary/aromatic N) is 2. The third kappa shape index (κ3) is 2.94. The van der Waals surface area contributed by atoms with Gasteiger partial charge in [0.2, 0.25) is 5.71 Å². The van der Waals surface area contributed by atoms with Gasteiger partial charge in [-0.25, -0.2) is 9.97 Å². The Morgan fingerprint density at radius 2 is 2.00 bits per heavy atom. The molecular formula is C16H24N4O2. The van der Waals surface area contributed by atoms with E-state index < -0.39 is 6.23 Å². The van der Waals surface area contributed by atoms with Crippen LogP contribution < -0.4 is 10.6 Å². The van der Waals surface area contributed by atoms with E-state index in [-0.39, 0.29) is 11.1 Å². The highest BCUT2D eigenvalue weighted by atomic mass is 16.3. The Bertz CT molecular complexity index is 698. The van der Waals surface area contributed by atoms with E-state index in [9.17, 15) is 5.11 Å². The molecule has 2 heterocycles. The van der Waals surface area contributed by atoms with E-state index in [0.717, 1.165) is 24.0 Å². The van der Waals surface area contributed by atoms with Crippen molar-refractivity contribution in [3.63, 3.8) is 0 Å². The van der Waals surface area contributed by atoms with Gasteiger partial charge in [-0.15, -0.1) is 0 Å². The van der Waals surface area contributed by atoms with Crippen molar-refractivity contribution in [2.24, 2.45) is 0 Å². The van der Waals surface area contributed by atoms with Crippen LogP contribution >= 0.6 is 0 Å². The number of fused-ring (bicyclic) bond motifs is 1. The smallest absolute Gasteiger partial charge is 0.231 e. The van der Waals surface area contributed by atoms with Gasteiger partial charge in [0, 0.05) is 16.6 Å². The number of anilines is 1. The number of nitrogens with one attached hydrogen (secondary N) is 2. The third-order valence-corrected chi connectivity index (χ3v) is 3.97. The first kappa shape index (κ1) is 15.2. The first-order valence-electron chi connectivity index (χ1n) is 7.66. The number of hydrogen-bond donors (Lipinski definition) is 3. The largest absolute Gasteiger partial charge is 0.442 e. The van der Waals surface area contributed by atoms with E-state index in [1.165, 1.54) is 6.33 Å². The summed E-state index contributed by atoms with van der Waals surface area (Å²) < 4.78 is 5.72. The molecule has 0 saturated heterocycles. The summed E-state index contributed by atoms with van der Waals surface area (Å²) in [5.74, 6) is 1.38. The second kappa shape index (κ2) is 4.93. The van der Waals surface area contributed by atoms with Crippen molar-refractivity contribution in [1.82, 2.24) is 15.3 Å². The van der Waals surface area contributed by atoms with Gasteiger partial charge in [-0.1, -0.05) is 0 Å². The number of rotatable bonds is 4. The number of aliphatic hydroxyl groups is 1. The maximum Gasteiger partial charge on any atom is 0.231 e. The molecule has 1 aliphatic carbocycles. The monoisotopic (exact) mass is 304 g/mol. The van der Waals surface area contributed by atoms with Crippen LogP contribution in [-0.2, 0) is 0 Å². The van der Waals surface area contributed by atoms with E-state index >= 15 is 0 Å². The zero-order chi connectivity index (χ0) is 16.1. The van der Waals surface area contributed by atoms with Crippen molar-refractivity contribution in [3.05, 3.63) is 17.7 Å². The summed E-state index contributed by atoms with van der Waals surface area (Å²) in [4.78, 5) is 8.56. The van der Waals surface area contributed by atoms with Gasteiger partial charge in [0.25, 0.3) is 0 Å². The quantitative estimate of drug-likeness (QED) is 0.753. The fraction of sp³-hybridized carbons (Fsp3) is 0.625. The minimum atomic E-state index is -0.834. The molecule has 0 aromatic carbocycles. The van der Waals surface area contributed by atoms with Gasteiger partial charge in [0.1, 0.15) is 24.1 Å². The van der Waals surface area contributed by atoms with E-state index in [1.54, 1.807) is 0 Å². The highest BCUT2D eigenvalue weighted by Crippen LogP contribution is 2.41. The summed E-state index contributed by atoms with van der Waals surface area (Å²) in [6.45, 7) is 10.0. The lowest BCUT2D eigenvalue weighted by molar-refractivity contribution is 0.106. The van der Waals surface area contributed by atoms with Gasteiger partial charge in [-0.3, -0.25) is 5.32 Å². The van der Waals surface area contributed by atoms with Crippen LogP contribution in [0.15, 0.2) is 10.7 Å². The molecule has 1 saturated carbocycles. The lowest BCUT2D eigenvalue weighted by Gasteiger charge is -2.25. The summed E-state index contributed by atoms with van der Waals surface area (Å²) in [6.07, 6.45) is 2.90. The van der Waals surface area contributed by atoms with Gasteiger partial charge >= 0.3 is 0 Å². The Labute approximate surface area is 130 Å². The molecular weight excluding hydrogens is 280 g/mol. The maximum absolute atomic E-state index is 10.6. The van der Waals surface area contributed by atoms with Gasteiger partial charge < -0.3 is 14.8 Å². The number of aliphatic hydroxyl groups excluding tert-OH is 1. The van der Waals surface area contributed by atoms with Gasteiger partial charge in [0.15, 0.2) is 0 Å². The molecule has 120 valence electrons. The molecule has 1 fully saturated rings. The number of hydrogen-bond acceptors (Lipinski definition) is 6. The molecule has 1 atom stereocenters. The minimum absolute atomic E-state index is 0.0894. The van der Waals surface area contributed by atoms with E-state index in [4.69, 9.17) is 4.42 Å². The highest BCUT2D eigenvalue weighted by Gasteiger charge is 2.38. The second-order valence-corrected chi connectivity index (χ2v) is 7.46. The lowest BCUT2D eigenvalue weighted by atomic mass is 10.1. The Morgan fingerprint density at radius 3 is 2.59 bits per heavy atom. The number of aryl methyl sites for hydroxylation is 1. The zero-order valence-electron chi connectivity index (χ0n) is 13.8. The average molecular weight is 304 g/mol. The van der Waals surface area contributed by atoms with Crippen molar-refractivity contribution >= 4 is 16.9 Å². The summed E-state index contributed by atoms with van der Waals surface area (Å²) in [5, 5.41) is 18.0. The number of furan rings is 1. The van der Waals surface area contributed by atoms with Crippen LogP contribution in [0.1, 0.15) is 58.1 Å². The van der Waals surface area contributed by atoms with Crippen LogP contribution in [0.25, 0.3) is 11.1 Å². The van der Waals surface area contributed by atoms with Crippen molar-refractivity contribution < 1.29 is 9.52 Å². The van der Waals surface area contributed by atoms with Crippen LogP contribution in [0, 0.1) is 6.92 Å². The summed E-state index contributed by atoms with van der Waals surface area (Å²) in [7, 11) is 0. The topological polar surface area (TPSA) is 83.2 Å². The Morgan fingerprint density at radius 1 is 1.32 bits per heavy atom. The first-order valence-corrected chi connectivity index (χ1v) is 7.66. The molecule has 0 bridgehead atoms. The van der Waals surface area contributed by atoms with Crippen LogP contribution in [0.5, 0.6) is 0 Å². The molecule has 0 amide bonds. The third-order valence-electron chi connectivity index (χ3n) is 3.97. The van der Waals surface area contributed by atoms with E-state index in [0.29, 0.717) is 17.0 Å². The Kier molecular flexibility index (Phi) is 3.41. The molecule has 0 radical (unpaired) electrons. The normalized spacial score (nSPS) is 18.5. The van der Waals surface area contributed by atoms with Crippen molar-refractivity contribution in [2.45, 2.75) is 64.8 Å². The molecule has 6 heteroatoms. The van der Waals surface area contributed by atoms with Crippen LogP contribution in [0.3, 0.4) is 0 Å². The Hall–Kier alpha value is -1.66. The summed E-state index contributed by atoms with van der Waals surface area (Å²) in [5.41, 5.74) is 1.08.